The van der Waals surface area contributed by atoms with Gasteiger partial charge in [0.05, 0.1) is 11.0 Å². The number of fused-ring (bicyclic) bond motifs is 2. The van der Waals surface area contributed by atoms with Crippen LogP contribution in [0.5, 0.6) is 0 Å². The van der Waals surface area contributed by atoms with E-state index in [1.807, 2.05) is 42.5 Å². The highest BCUT2D eigenvalue weighted by Crippen LogP contribution is 2.23. The number of benzene rings is 2. The number of imidazole rings is 1. The maximum Gasteiger partial charge on any atom is 0.257 e. The minimum atomic E-state index is -0.149. The van der Waals surface area contributed by atoms with Crippen molar-refractivity contribution in [2.24, 2.45) is 0 Å². The van der Waals surface area contributed by atoms with E-state index in [0.29, 0.717) is 11.5 Å². The molecule has 1 amide bonds. The Kier molecular flexibility index (Phi) is 2.64. The lowest BCUT2D eigenvalue weighted by molar-refractivity contribution is 0.102. The summed E-state index contributed by atoms with van der Waals surface area (Å²) < 4.78 is 0. The number of aromatic nitrogens is 2. The number of carbonyl (C=O) groups is 1. The fraction of sp³-hybridized carbons (Fsp3) is 0.125. The molecule has 2 aromatic carbocycles. The van der Waals surface area contributed by atoms with E-state index >= 15 is 0 Å². The first-order chi connectivity index (χ1) is 10.3. The topological polar surface area (TPSA) is 69.8 Å². The number of anilines is 2. The van der Waals surface area contributed by atoms with Gasteiger partial charge in [0.2, 0.25) is 5.95 Å². The van der Waals surface area contributed by atoms with Crippen molar-refractivity contribution in [3.63, 3.8) is 0 Å². The van der Waals surface area contributed by atoms with Crippen LogP contribution < -0.4 is 10.6 Å². The van der Waals surface area contributed by atoms with E-state index in [1.54, 1.807) is 0 Å². The third kappa shape index (κ3) is 2.12. The Balaban J connectivity index is 1.60. The zero-order valence-corrected chi connectivity index (χ0v) is 11.3. The molecule has 0 spiro atoms. The standard InChI is InChI=1S/C16H14N4O/c21-15(11-5-6-12-10(9-11)7-8-17-12)20-16-18-13-3-1-2-4-14(13)19-16/h1-6,9,17H,7-8H2,(H2,18,19,20,21). The van der Waals surface area contributed by atoms with Gasteiger partial charge in [-0.15, -0.1) is 0 Å². The van der Waals surface area contributed by atoms with Crippen LogP contribution in [-0.2, 0) is 6.42 Å². The second-order valence-corrected chi connectivity index (χ2v) is 5.11. The van der Waals surface area contributed by atoms with Gasteiger partial charge in [-0.25, -0.2) is 4.98 Å². The summed E-state index contributed by atoms with van der Waals surface area (Å²) in [4.78, 5) is 19.7. The van der Waals surface area contributed by atoms with E-state index in [0.717, 1.165) is 29.7 Å². The maximum atomic E-state index is 12.3. The summed E-state index contributed by atoms with van der Waals surface area (Å²) in [6.07, 6.45) is 0.959. The minimum absolute atomic E-state index is 0.149. The molecule has 0 saturated heterocycles. The van der Waals surface area contributed by atoms with Gasteiger partial charge in [-0.2, -0.15) is 0 Å². The number of aromatic amines is 1. The third-order valence-corrected chi connectivity index (χ3v) is 3.70. The van der Waals surface area contributed by atoms with Crippen LogP contribution in [0.2, 0.25) is 0 Å². The van der Waals surface area contributed by atoms with Gasteiger partial charge in [0, 0.05) is 17.8 Å². The molecule has 4 rings (SSSR count). The van der Waals surface area contributed by atoms with Gasteiger partial charge in [-0.1, -0.05) is 12.1 Å². The first-order valence-electron chi connectivity index (χ1n) is 6.92. The Hall–Kier alpha value is -2.82. The van der Waals surface area contributed by atoms with Crippen LogP contribution in [0.15, 0.2) is 42.5 Å². The molecule has 5 heteroatoms. The first kappa shape index (κ1) is 12.0. The van der Waals surface area contributed by atoms with Gasteiger partial charge in [-0.3, -0.25) is 10.1 Å². The molecule has 1 aliphatic heterocycles. The van der Waals surface area contributed by atoms with Gasteiger partial charge in [0.25, 0.3) is 5.91 Å². The largest absolute Gasteiger partial charge is 0.384 e. The predicted molar refractivity (Wildman–Crippen MR) is 82.7 cm³/mol. The highest BCUT2D eigenvalue weighted by Gasteiger charge is 2.14. The van der Waals surface area contributed by atoms with Crippen molar-refractivity contribution in [1.29, 1.82) is 0 Å². The number of carbonyl (C=O) groups excluding carboxylic acids is 1. The molecular formula is C16H14N4O. The molecule has 0 radical (unpaired) electrons. The molecule has 0 fully saturated rings. The van der Waals surface area contributed by atoms with Gasteiger partial charge in [0.15, 0.2) is 0 Å². The van der Waals surface area contributed by atoms with Gasteiger partial charge < -0.3 is 10.3 Å². The van der Waals surface area contributed by atoms with E-state index in [1.165, 1.54) is 5.56 Å². The van der Waals surface area contributed by atoms with E-state index < -0.39 is 0 Å². The average molecular weight is 278 g/mol. The Morgan fingerprint density at radius 2 is 2.10 bits per heavy atom. The highest BCUT2D eigenvalue weighted by molar-refractivity contribution is 6.04. The molecule has 1 aliphatic rings. The van der Waals surface area contributed by atoms with Crippen molar-refractivity contribution in [2.75, 3.05) is 17.2 Å². The molecule has 3 N–H and O–H groups in total. The number of rotatable bonds is 2. The van der Waals surface area contributed by atoms with Crippen LogP contribution in [0.1, 0.15) is 15.9 Å². The number of H-pyrrole nitrogens is 1. The lowest BCUT2D eigenvalue weighted by Crippen LogP contribution is -2.13. The lowest BCUT2D eigenvalue weighted by Gasteiger charge is -2.04. The minimum Gasteiger partial charge on any atom is -0.384 e. The van der Waals surface area contributed by atoms with Crippen molar-refractivity contribution >= 4 is 28.6 Å². The molecule has 21 heavy (non-hydrogen) atoms. The predicted octanol–water partition coefficient (Wildman–Crippen LogP) is 2.78. The summed E-state index contributed by atoms with van der Waals surface area (Å²) in [5.41, 5.74) is 4.71. The van der Waals surface area contributed by atoms with Crippen molar-refractivity contribution in [3.05, 3.63) is 53.6 Å². The zero-order valence-electron chi connectivity index (χ0n) is 11.3. The van der Waals surface area contributed by atoms with Crippen LogP contribution in [0.25, 0.3) is 11.0 Å². The number of nitrogens with one attached hydrogen (secondary N) is 3. The van der Waals surface area contributed by atoms with Crippen molar-refractivity contribution in [1.82, 2.24) is 9.97 Å². The van der Waals surface area contributed by atoms with Gasteiger partial charge >= 0.3 is 0 Å². The summed E-state index contributed by atoms with van der Waals surface area (Å²) in [6.45, 7) is 0.935. The van der Waals surface area contributed by atoms with Gasteiger partial charge in [0.1, 0.15) is 0 Å². The van der Waals surface area contributed by atoms with E-state index in [9.17, 15) is 4.79 Å². The molecular weight excluding hydrogens is 264 g/mol. The number of para-hydroxylation sites is 2. The first-order valence-corrected chi connectivity index (χ1v) is 6.92. The Bertz CT molecular complexity index is 804. The Morgan fingerprint density at radius 3 is 3.00 bits per heavy atom. The van der Waals surface area contributed by atoms with E-state index in [-0.39, 0.29) is 5.91 Å². The van der Waals surface area contributed by atoms with Crippen LogP contribution in [-0.4, -0.2) is 22.4 Å². The zero-order chi connectivity index (χ0) is 14.2. The Morgan fingerprint density at radius 1 is 1.19 bits per heavy atom. The summed E-state index contributed by atoms with van der Waals surface area (Å²) in [6, 6.07) is 13.4. The second-order valence-electron chi connectivity index (χ2n) is 5.11. The summed E-state index contributed by atoms with van der Waals surface area (Å²) >= 11 is 0. The summed E-state index contributed by atoms with van der Waals surface area (Å²) in [5.74, 6) is 0.323. The van der Waals surface area contributed by atoms with Gasteiger partial charge in [-0.05, 0) is 42.3 Å². The van der Waals surface area contributed by atoms with Crippen molar-refractivity contribution in [2.45, 2.75) is 6.42 Å². The molecule has 0 bridgehead atoms. The van der Waals surface area contributed by atoms with Crippen LogP contribution >= 0.6 is 0 Å². The molecule has 0 atom stereocenters. The monoisotopic (exact) mass is 278 g/mol. The number of amides is 1. The van der Waals surface area contributed by atoms with Crippen LogP contribution in [0, 0.1) is 0 Å². The molecule has 0 saturated carbocycles. The number of hydrogen-bond donors (Lipinski definition) is 3. The van der Waals surface area contributed by atoms with Crippen LogP contribution in [0.4, 0.5) is 11.6 Å². The SMILES string of the molecule is O=C(Nc1nc2ccccc2[nH]1)c1ccc2c(c1)CCN2. The van der Waals surface area contributed by atoms with E-state index in [4.69, 9.17) is 0 Å². The second kappa shape index (κ2) is 4.63. The smallest absolute Gasteiger partial charge is 0.257 e. The molecule has 3 aromatic rings. The molecule has 2 heterocycles. The quantitative estimate of drug-likeness (QED) is 0.675. The average Bonchev–Trinajstić information content (AvgIpc) is 3.11. The third-order valence-electron chi connectivity index (χ3n) is 3.70. The maximum absolute atomic E-state index is 12.3. The highest BCUT2D eigenvalue weighted by atomic mass is 16.1. The number of nitrogens with zero attached hydrogens (tertiary/aromatic N) is 1. The molecule has 1 aromatic heterocycles. The Labute approximate surface area is 121 Å². The lowest BCUT2D eigenvalue weighted by atomic mass is 10.1. The van der Waals surface area contributed by atoms with Crippen molar-refractivity contribution < 1.29 is 4.79 Å². The summed E-state index contributed by atoms with van der Waals surface area (Å²) in [7, 11) is 0. The number of hydrogen-bond acceptors (Lipinski definition) is 3. The molecule has 104 valence electrons. The van der Waals surface area contributed by atoms with E-state index in [2.05, 4.69) is 20.6 Å². The molecule has 0 unspecified atom stereocenters. The normalized spacial score (nSPS) is 13.0. The molecule has 0 aliphatic carbocycles. The molecule has 5 nitrogen and oxygen atoms in total. The fourth-order valence-corrected chi connectivity index (χ4v) is 2.64. The van der Waals surface area contributed by atoms with Crippen LogP contribution in [0.3, 0.4) is 0 Å². The fourth-order valence-electron chi connectivity index (χ4n) is 2.64. The summed E-state index contributed by atoms with van der Waals surface area (Å²) in [5, 5.41) is 6.10. The van der Waals surface area contributed by atoms with Crippen molar-refractivity contribution in [3.8, 4) is 0 Å².